The van der Waals surface area contributed by atoms with Crippen LogP contribution in [-0.2, 0) is 6.54 Å². The van der Waals surface area contributed by atoms with Crippen LogP contribution in [0.3, 0.4) is 0 Å². The highest BCUT2D eigenvalue weighted by molar-refractivity contribution is 5.29. The zero-order valence-corrected chi connectivity index (χ0v) is 9.61. The topological polar surface area (TPSA) is 63.8 Å². The van der Waals surface area contributed by atoms with Crippen molar-refractivity contribution in [1.29, 1.82) is 0 Å². The van der Waals surface area contributed by atoms with Gasteiger partial charge >= 0.3 is 0 Å². The smallest absolute Gasteiger partial charge is 0.223 e. The maximum absolute atomic E-state index is 4.85. The zero-order chi connectivity index (χ0) is 11.5. The molecule has 0 radical (unpaired) electrons. The fourth-order valence-corrected chi connectivity index (χ4v) is 1.45. The van der Waals surface area contributed by atoms with Crippen LogP contribution in [0, 0.1) is 20.8 Å². The van der Waals surface area contributed by atoms with Crippen molar-refractivity contribution in [3.8, 4) is 0 Å². The second-order valence-electron chi connectivity index (χ2n) is 3.77. The van der Waals surface area contributed by atoms with Gasteiger partial charge in [-0.3, -0.25) is 0 Å². The average molecular weight is 218 g/mol. The molecule has 0 atom stereocenters. The summed E-state index contributed by atoms with van der Waals surface area (Å²) in [5, 5.41) is 7.01. The minimum Gasteiger partial charge on any atom is -0.364 e. The molecule has 84 valence electrons. The van der Waals surface area contributed by atoms with Crippen LogP contribution in [0.1, 0.15) is 22.6 Å². The number of aryl methyl sites for hydroxylation is 3. The molecule has 2 aromatic rings. The third-order valence-electron chi connectivity index (χ3n) is 2.24. The third-order valence-corrected chi connectivity index (χ3v) is 2.24. The summed E-state index contributed by atoms with van der Waals surface area (Å²) in [6.45, 7) is 6.42. The SMILES string of the molecule is Cc1cc(C)nc(NCc2nocc2C)n1. The van der Waals surface area contributed by atoms with Crippen LogP contribution in [0.4, 0.5) is 5.95 Å². The normalized spacial score (nSPS) is 10.4. The first-order valence-electron chi connectivity index (χ1n) is 5.11. The van der Waals surface area contributed by atoms with E-state index in [1.165, 1.54) is 0 Å². The fourth-order valence-electron chi connectivity index (χ4n) is 1.45. The molecule has 1 N–H and O–H groups in total. The lowest BCUT2D eigenvalue weighted by molar-refractivity contribution is 0.412. The van der Waals surface area contributed by atoms with Gasteiger partial charge in [0.05, 0.1) is 6.54 Å². The second kappa shape index (κ2) is 4.30. The summed E-state index contributed by atoms with van der Waals surface area (Å²) in [6, 6.07) is 1.94. The standard InChI is InChI=1S/C11H14N4O/c1-7-6-16-15-10(7)5-12-11-13-8(2)4-9(3)14-11/h4,6H,5H2,1-3H3,(H,12,13,14). The van der Waals surface area contributed by atoms with Gasteiger partial charge in [-0.1, -0.05) is 5.16 Å². The molecule has 5 nitrogen and oxygen atoms in total. The van der Waals surface area contributed by atoms with Crippen LogP contribution in [0.15, 0.2) is 16.9 Å². The van der Waals surface area contributed by atoms with E-state index in [0.29, 0.717) is 12.5 Å². The lowest BCUT2D eigenvalue weighted by atomic mass is 10.3. The molecule has 2 rings (SSSR count). The first-order valence-corrected chi connectivity index (χ1v) is 5.11. The van der Waals surface area contributed by atoms with Gasteiger partial charge in [0.25, 0.3) is 0 Å². The van der Waals surface area contributed by atoms with Crippen LogP contribution in [0.2, 0.25) is 0 Å². The van der Waals surface area contributed by atoms with Gasteiger partial charge in [0, 0.05) is 17.0 Å². The maximum Gasteiger partial charge on any atom is 0.223 e. The van der Waals surface area contributed by atoms with Crippen LogP contribution in [0.25, 0.3) is 0 Å². The molecule has 0 fully saturated rings. The van der Waals surface area contributed by atoms with Crippen molar-refractivity contribution in [2.45, 2.75) is 27.3 Å². The van der Waals surface area contributed by atoms with E-state index in [0.717, 1.165) is 22.6 Å². The number of hydrogen-bond donors (Lipinski definition) is 1. The van der Waals surface area contributed by atoms with E-state index < -0.39 is 0 Å². The Bertz CT molecular complexity index is 472. The molecule has 0 spiro atoms. The van der Waals surface area contributed by atoms with Gasteiger partial charge in [-0.2, -0.15) is 0 Å². The van der Waals surface area contributed by atoms with Gasteiger partial charge < -0.3 is 9.84 Å². The van der Waals surface area contributed by atoms with Crippen molar-refractivity contribution >= 4 is 5.95 Å². The van der Waals surface area contributed by atoms with Crippen molar-refractivity contribution in [3.05, 3.63) is 35.0 Å². The van der Waals surface area contributed by atoms with Gasteiger partial charge in [0.2, 0.25) is 5.95 Å². The quantitative estimate of drug-likeness (QED) is 0.853. The van der Waals surface area contributed by atoms with E-state index in [4.69, 9.17) is 4.52 Å². The summed E-state index contributed by atoms with van der Waals surface area (Å²) >= 11 is 0. The first-order chi connectivity index (χ1) is 7.65. The minimum atomic E-state index is 0.575. The van der Waals surface area contributed by atoms with Gasteiger partial charge in [0.1, 0.15) is 12.0 Å². The summed E-state index contributed by atoms with van der Waals surface area (Å²) in [7, 11) is 0. The third kappa shape index (κ3) is 2.36. The largest absolute Gasteiger partial charge is 0.364 e. The molecule has 0 aliphatic heterocycles. The van der Waals surface area contributed by atoms with Crippen LogP contribution >= 0.6 is 0 Å². The molecule has 0 saturated heterocycles. The highest BCUT2D eigenvalue weighted by atomic mass is 16.5. The second-order valence-corrected chi connectivity index (χ2v) is 3.77. The molecule has 0 aliphatic carbocycles. The molecule has 0 aliphatic rings. The van der Waals surface area contributed by atoms with Crippen molar-refractivity contribution in [1.82, 2.24) is 15.1 Å². The van der Waals surface area contributed by atoms with Gasteiger partial charge in [-0.15, -0.1) is 0 Å². The van der Waals surface area contributed by atoms with Crippen molar-refractivity contribution in [2.75, 3.05) is 5.32 Å². The number of nitrogens with zero attached hydrogens (tertiary/aromatic N) is 3. The summed E-state index contributed by atoms with van der Waals surface area (Å²) in [6.07, 6.45) is 1.62. The van der Waals surface area contributed by atoms with Crippen molar-refractivity contribution < 1.29 is 4.52 Å². The summed E-state index contributed by atoms with van der Waals surface area (Å²) in [5.41, 5.74) is 3.80. The van der Waals surface area contributed by atoms with E-state index in [9.17, 15) is 0 Å². The molecule has 16 heavy (non-hydrogen) atoms. The molecule has 2 aromatic heterocycles. The monoisotopic (exact) mass is 218 g/mol. The predicted molar refractivity (Wildman–Crippen MR) is 60.1 cm³/mol. The lowest BCUT2D eigenvalue weighted by Gasteiger charge is -2.04. The number of nitrogens with one attached hydrogen (secondary N) is 1. The predicted octanol–water partition coefficient (Wildman–Crippen LogP) is 2.00. The highest BCUT2D eigenvalue weighted by Gasteiger charge is 2.04. The molecule has 0 bridgehead atoms. The summed E-state index contributed by atoms with van der Waals surface area (Å²) < 4.78 is 4.85. The Hall–Kier alpha value is -1.91. The highest BCUT2D eigenvalue weighted by Crippen LogP contribution is 2.08. The average Bonchev–Trinajstić information content (AvgIpc) is 2.59. The van der Waals surface area contributed by atoms with Crippen LogP contribution in [-0.4, -0.2) is 15.1 Å². The Balaban J connectivity index is 2.07. The Morgan fingerprint density at radius 3 is 2.44 bits per heavy atom. The Labute approximate surface area is 93.9 Å². The van der Waals surface area contributed by atoms with E-state index >= 15 is 0 Å². The van der Waals surface area contributed by atoms with Crippen LogP contribution in [0.5, 0.6) is 0 Å². The Kier molecular flexibility index (Phi) is 2.85. The zero-order valence-electron chi connectivity index (χ0n) is 9.61. The summed E-state index contributed by atoms with van der Waals surface area (Å²) in [4.78, 5) is 8.57. The van der Waals surface area contributed by atoms with E-state index in [1.807, 2.05) is 26.8 Å². The number of anilines is 1. The molecular weight excluding hydrogens is 204 g/mol. The Morgan fingerprint density at radius 1 is 1.19 bits per heavy atom. The fraction of sp³-hybridized carbons (Fsp3) is 0.364. The van der Waals surface area contributed by atoms with Gasteiger partial charge in [-0.25, -0.2) is 9.97 Å². The molecule has 0 aromatic carbocycles. The van der Waals surface area contributed by atoms with Gasteiger partial charge in [0.15, 0.2) is 0 Å². The minimum absolute atomic E-state index is 0.575. The van der Waals surface area contributed by atoms with Crippen molar-refractivity contribution in [3.63, 3.8) is 0 Å². The number of aromatic nitrogens is 3. The number of hydrogen-bond acceptors (Lipinski definition) is 5. The molecule has 2 heterocycles. The van der Waals surface area contributed by atoms with Crippen molar-refractivity contribution in [2.24, 2.45) is 0 Å². The van der Waals surface area contributed by atoms with E-state index in [-0.39, 0.29) is 0 Å². The molecule has 0 unspecified atom stereocenters. The molecular formula is C11H14N4O. The van der Waals surface area contributed by atoms with E-state index in [2.05, 4.69) is 20.4 Å². The number of rotatable bonds is 3. The molecule has 0 amide bonds. The van der Waals surface area contributed by atoms with E-state index in [1.54, 1.807) is 6.26 Å². The molecule has 0 saturated carbocycles. The first kappa shape index (κ1) is 10.6. The Morgan fingerprint density at radius 2 is 1.88 bits per heavy atom. The van der Waals surface area contributed by atoms with Gasteiger partial charge in [-0.05, 0) is 26.8 Å². The maximum atomic E-state index is 4.85. The molecule has 5 heteroatoms. The van der Waals surface area contributed by atoms with Crippen LogP contribution < -0.4 is 5.32 Å². The summed E-state index contributed by atoms with van der Waals surface area (Å²) in [5.74, 6) is 0.625. The lowest BCUT2D eigenvalue weighted by Crippen LogP contribution is -2.06.